The minimum atomic E-state index is -1.20. The minimum Gasteiger partial charge on any atom is -0.380 e. The van der Waals surface area contributed by atoms with Crippen LogP contribution < -0.4 is 5.32 Å². The summed E-state index contributed by atoms with van der Waals surface area (Å²) >= 11 is 0. The summed E-state index contributed by atoms with van der Waals surface area (Å²) in [6.45, 7) is 3.10. The summed E-state index contributed by atoms with van der Waals surface area (Å²) in [4.78, 5) is 20.6. The normalized spacial score (nSPS) is 26.3. The maximum Gasteiger partial charge on any atom is 0.252 e. The van der Waals surface area contributed by atoms with Crippen LogP contribution in [0.1, 0.15) is 81.3 Å². The molecule has 1 saturated carbocycles. The number of aromatic nitrogens is 2. The average molecular weight is 487 g/mol. The Morgan fingerprint density at radius 1 is 1.03 bits per heavy atom. The van der Waals surface area contributed by atoms with Gasteiger partial charge in [-0.25, -0.2) is 4.98 Å². The number of para-hydroxylation sites is 2. The number of aliphatic hydroxyl groups is 1. The number of nitrogens with one attached hydrogen (secondary N) is 1. The van der Waals surface area contributed by atoms with Crippen LogP contribution in [0, 0.1) is 6.92 Å². The van der Waals surface area contributed by atoms with Gasteiger partial charge in [-0.05, 0) is 82.4 Å². The Morgan fingerprint density at radius 3 is 2.42 bits per heavy atom. The first-order chi connectivity index (χ1) is 17.5. The van der Waals surface area contributed by atoms with Gasteiger partial charge in [0.2, 0.25) is 0 Å². The van der Waals surface area contributed by atoms with Gasteiger partial charge >= 0.3 is 0 Å². The molecule has 0 radical (unpaired) electrons. The van der Waals surface area contributed by atoms with Gasteiger partial charge in [0.15, 0.2) is 0 Å². The molecule has 1 aliphatic carbocycles. The fourth-order valence-electron chi connectivity index (χ4n) is 7.21. The van der Waals surface area contributed by atoms with E-state index in [0.29, 0.717) is 31.0 Å². The molecule has 3 aromatic rings. The number of carbonyl (C=O) groups is 1. The Balaban J connectivity index is 1.16. The summed E-state index contributed by atoms with van der Waals surface area (Å²) in [7, 11) is 0. The number of hydrogen-bond donors (Lipinski definition) is 2. The van der Waals surface area contributed by atoms with Crippen LogP contribution in [0.15, 0.2) is 54.6 Å². The Morgan fingerprint density at radius 2 is 1.69 bits per heavy atom. The first-order valence-corrected chi connectivity index (χ1v) is 13.8. The molecule has 36 heavy (non-hydrogen) atoms. The van der Waals surface area contributed by atoms with E-state index in [1.54, 1.807) is 0 Å². The summed E-state index contributed by atoms with van der Waals surface area (Å²) in [5.41, 5.74) is 2.27. The lowest BCUT2D eigenvalue weighted by Gasteiger charge is -2.40. The number of rotatable bonds is 7. The van der Waals surface area contributed by atoms with Crippen LogP contribution in [0.25, 0.3) is 11.0 Å². The van der Waals surface area contributed by atoms with E-state index in [4.69, 9.17) is 4.98 Å². The number of piperidine rings is 1. The molecule has 2 unspecified atom stereocenters. The lowest BCUT2D eigenvalue weighted by Crippen LogP contribution is -2.48. The predicted octanol–water partition coefficient (Wildman–Crippen LogP) is 5.07. The highest BCUT2D eigenvalue weighted by Gasteiger charge is 2.43. The van der Waals surface area contributed by atoms with Crippen molar-refractivity contribution in [2.45, 2.75) is 94.5 Å². The number of amides is 1. The van der Waals surface area contributed by atoms with Crippen molar-refractivity contribution in [2.24, 2.45) is 0 Å². The van der Waals surface area contributed by atoms with Gasteiger partial charge in [-0.2, -0.15) is 0 Å². The van der Waals surface area contributed by atoms with Gasteiger partial charge in [0, 0.05) is 24.7 Å². The third-order valence-corrected chi connectivity index (χ3v) is 9.03. The van der Waals surface area contributed by atoms with Crippen molar-refractivity contribution in [2.75, 3.05) is 6.54 Å². The number of fused-ring (bicyclic) bond motifs is 3. The zero-order chi connectivity index (χ0) is 24.7. The van der Waals surface area contributed by atoms with Gasteiger partial charge in [-0.3, -0.25) is 9.69 Å². The number of hydrogen-bond acceptors (Lipinski definition) is 4. The van der Waals surface area contributed by atoms with Crippen molar-refractivity contribution >= 4 is 16.9 Å². The molecule has 1 amide bonds. The highest BCUT2D eigenvalue weighted by molar-refractivity contribution is 5.85. The fraction of sp³-hybridized carbons (Fsp3) is 0.533. The number of benzene rings is 2. The van der Waals surface area contributed by atoms with Crippen LogP contribution in [0.4, 0.5) is 0 Å². The van der Waals surface area contributed by atoms with Crippen molar-refractivity contribution in [3.05, 3.63) is 66.0 Å². The third kappa shape index (κ3) is 4.35. The topological polar surface area (TPSA) is 70.4 Å². The van der Waals surface area contributed by atoms with Gasteiger partial charge in [0.05, 0.1) is 17.1 Å². The summed E-state index contributed by atoms with van der Waals surface area (Å²) in [6.07, 6.45) is 8.63. The SMILES string of the molecule is Cc1nc2ccccc2n1C1CC2CCC(C1)N2CC[C@@H](NC(=O)C1(O)CCCC1)c1ccccc1. The molecular weight excluding hydrogens is 448 g/mol. The summed E-state index contributed by atoms with van der Waals surface area (Å²) in [6, 6.07) is 20.3. The number of carbonyl (C=O) groups excluding carboxylic acids is 1. The van der Waals surface area contributed by atoms with Crippen molar-refractivity contribution in [3.8, 4) is 0 Å². The van der Waals surface area contributed by atoms with Gasteiger partial charge in [0.25, 0.3) is 5.91 Å². The van der Waals surface area contributed by atoms with Crippen LogP contribution >= 0.6 is 0 Å². The van der Waals surface area contributed by atoms with E-state index in [1.165, 1.54) is 18.4 Å². The molecule has 1 aromatic heterocycles. The van der Waals surface area contributed by atoms with Crippen LogP contribution in [0.5, 0.6) is 0 Å². The molecule has 6 nitrogen and oxygen atoms in total. The van der Waals surface area contributed by atoms with Crippen molar-refractivity contribution < 1.29 is 9.90 Å². The molecule has 6 heteroatoms. The Labute approximate surface area is 213 Å². The molecule has 2 bridgehead atoms. The van der Waals surface area contributed by atoms with E-state index in [1.807, 2.05) is 18.2 Å². The second-order valence-electron chi connectivity index (χ2n) is 11.2. The smallest absolute Gasteiger partial charge is 0.252 e. The van der Waals surface area contributed by atoms with E-state index >= 15 is 0 Å². The monoisotopic (exact) mass is 486 g/mol. The van der Waals surface area contributed by atoms with Gasteiger partial charge in [-0.1, -0.05) is 42.5 Å². The Bertz CT molecular complexity index is 1200. The molecule has 2 aromatic carbocycles. The van der Waals surface area contributed by atoms with Crippen LogP contribution in [0.2, 0.25) is 0 Å². The summed E-state index contributed by atoms with van der Waals surface area (Å²) in [5, 5.41) is 14.1. The summed E-state index contributed by atoms with van der Waals surface area (Å²) in [5.74, 6) is 0.920. The molecule has 2 N–H and O–H groups in total. The lowest BCUT2D eigenvalue weighted by atomic mass is 9.94. The Kier molecular flexibility index (Phi) is 6.34. The minimum absolute atomic E-state index is 0.0831. The standard InChI is InChI=1S/C30H38N4O2/c1-21-31-27-11-5-6-12-28(27)34(21)25-19-23-13-14-24(20-25)33(23)18-15-26(22-9-3-2-4-10-22)32-29(35)30(36)16-7-8-17-30/h2-6,9-12,23-26,36H,7-8,13-20H2,1H3,(H,32,35)/t23?,24?,25?,26-/m1/s1. The van der Waals surface area contributed by atoms with Gasteiger partial charge < -0.3 is 15.0 Å². The van der Waals surface area contributed by atoms with E-state index in [2.05, 4.69) is 58.1 Å². The average Bonchev–Trinajstić information content (AvgIpc) is 3.55. The molecule has 2 saturated heterocycles. The molecule has 2 aliphatic heterocycles. The van der Waals surface area contributed by atoms with Crippen LogP contribution in [-0.4, -0.2) is 49.7 Å². The van der Waals surface area contributed by atoms with Crippen LogP contribution in [-0.2, 0) is 4.79 Å². The van der Waals surface area contributed by atoms with E-state index in [0.717, 1.165) is 55.6 Å². The third-order valence-electron chi connectivity index (χ3n) is 9.03. The maximum absolute atomic E-state index is 13.1. The lowest BCUT2D eigenvalue weighted by molar-refractivity contribution is -0.140. The molecule has 3 heterocycles. The maximum atomic E-state index is 13.1. The molecule has 3 atom stereocenters. The second-order valence-corrected chi connectivity index (χ2v) is 11.2. The number of imidazole rings is 1. The molecule has 3 fully saturated rings. The van der Waals surface area contributed by atoms with Crippen molar-refractivity contribution in [3.63, 3.8) is 0 Å². The summed E-state index contributed by atoms with van der Waals surface area (Å²) < 4.78 is 2.48. The van der Waals surface area contributed by atoms with Crippen molar-refractivity contribution in [1.29, 1.82) is 0 Å². The number of aryl methyl sites for hydroxylation is 1. The number of nitrogens with zero attached hydrogens (tertiary/aromatic N) is 3. The fourth-order valence-corrected chi connectivity index (χ4v) is 7.21. The quantitative estimate of drug-likeness (QED) is 0.489. The highest BCUT2D eigenvalue weighted by Crippen LogP contribution is 2.42. The van der Waals surface area contributed by atoms with Crippen LogP contribution in [0.3, 0.4) is 0 Å². The van der Waals surface area contributed by atoms with Crippen molar-refractivity contribution in [1.82, 2.24) is 19.8 Å². The largest absolute Gasteiger partial charge is 0.380 e. The van der Waals surface area contributed by atoms with E-state index < -0.39 is 5.60 Å². The molecular formula is C30H38N4O2. The Hall–Kier alpha value is -2.70. The molecule has 6 rings (SSSR count). The molecule has 190 valence electrons. The molecule has 3 aliphatic rings. The predicted molar refractivity (Wildman–Crippen MR) is 142 cm³/mol. The second kappa shape index (κ2) is 9.64. The van der Waals surface area contributed by atoms with E-state index in [-0.39, 0.29) is 11.9 Å². The zero-order valence-electron chi connectivity index (χ0n) is 21.3. The molecule has 0 spiro atoms. The van der Waals surface area contributed by atoms with E-state index in [9.17, 15) is 9.90 Å². The van der Waals surface area contributed by atoms with Gasteiger partial charge in [0.1, 0.15) is 11.4 Å². The first-order valence-electron chi connectivity index (χ1n) is 13.8. The zero-order valence-corrected chi connectivity index (χ0v) is 21.3. The highest BCUT2D eigenvalue weighted by atomic mass is 16.3. The first kappa shape index (κ1) is 23.7. The van der Waals surface area contributed by atoms with Gasteiger partial charge in [-0.15, -0.1) is 0 Å².